The Morgan fingerprint density at radius 1 is 1.42 bits per heavy atom. The molecule has 1 saturated heterocycles. The Morgan fingerprint density at radius 2 is 2.26 bits per heavy atom. The van der Waals surface area contributed by atoms with Gasteiger partial charge in [-0.2, -0.15) is 0 Å². The molecule has 0 bridgehead atoms. The molecule has 1 amide bonds. The SMILES string of the molecule is O=C(c1ccncc1Cl)N1CCOC2CCCCC21. The molecule has 0 radical (unpaired) electrons. The topological polar surface area (TPSA) is 42.4 Å². The molecular weight excluding hydrogens is 264 g/mol. The highest BCUT2D eigenvalue weighted by Crippen LogP contribution is 2.30. The zero-order valence-corrected chi connectivity index (χ0v) is 11.5. The number of amides is 1. The summed E-state index contributed by atoms with van der Waals surface area (Å²) in [6.07, 6.45) is 7.77. The van der Waals surface area contributed by atoms with Gasteiger partial charge in [0.25, 0.3) is 5.91 Å². The fraction of sp³-hybridized carbons (Fsp3) is 0.571. The summed E-state index contributed by atoms with van der Waals surface area (Å²) in [5, 5.41) is 0.423. The summed E-state index contributed by atoms with van der Waals surface area (Å²) < 4.78 is 5.79. The van der Waals surface area contributed by atoms with Crippen molar-refractivity contribution in [3.05, 3.63) is 29.0 Å². The Hall–Kier alpha value is -1.13. The van der Waals surface area contributed by atoms with E-state index in [-0.39, 0.29) is 18.1 Å². The molecule has 2 fully saturated rings. The fourth-order valence-corrected chi connectivity index (χ4v) is 3.25. The van der Waals surface area contributed by atoms with Gasteiger partial charge in [-0.1, -0.05) is 24.4 Å². The Kier molecular flexibility index (Phi) is 3.71. The molecule has 2 unspecified atom stereocenters. The van der Waals surface area contributed by atoms with Crippen LogP contribution in [0.5, 0.6) is 0 Å². The van der Waals surface area contributed by atoms with E-state index in [1.807, 2.05) is 4.90 Å². The van der Waals surface area contributed by atoms with Crippen molar-refractivity contribution in [2.24, 2.45) is 0 Å². The van der Waals surface area contributed by atoms with Crippen molar-refractivity contribution in [1.82, 2.24) is 9.88 Å². The van der Waals surface area contributed by atoms with Crippen molar-refractivity contribution < 1.29 is 9.53 Å². The van der Waals surface area contributed by atoms with Crippen molar-refractivity contribution >= 4 is 17.5 Å². The first-order valence-electron chi connectivity index (χ1n) is 6.79. The van der Waals surface area contributed by atoms with Gasteiger partial charge in [0.1, 0.15) is 0 Å². The summed E-state index contributed by atoms with van der Waals surface area (Å²) in [5.74, 6) is 0.00704. The van der Waals surface area contributed by atoms with E-state index >= 15 is 0 Å². The van der Waals surface area contributed by atoms with Gasteiger partial charge in [0.05, 0.1) is 29.3 Å². The Labute approximate surface area is 117 Å². The second-order valence-electron chi connectivity index (χ2n) is 5.12. The summed E-state index contributed by atoms with van der Waals surface area (Å²) in [6, 6.07) is 1.90. The molecule has 0 spiro atoms. The van der Waals surface area contributed by atoms with Crippen LogP contribution >= 0.6 is 11.6 Å². The van der Waals surface area contributed by atoms with Gasteiger partial charge in [-0.25, -0.2) is 0 Å². The lowest BCUT2D eigenvalue weighted by atomic mass is 9.90. The van der Waals surface area contributed by atoms with Crippen LogP contribution in [-0.2, 0) is 4.74 Å². The first-order chi connectivity index (χ1) is 9.27. The second kappa shape index (κ2) is 5.47. The molecule has 3 rings (SSSR count). The van der Waals surface area contributed by atoms with Crippen LogP contribution in [-0.4, -0.2) is 41.1 Å². The molecular formula is C14H17ClN2O2. The molecule has 1 saturated carbocycles. The quantitative estimate of drug-likeness (QED) is 0.794. The fourth-order valence-electron chi connectivity index (χ4n) is 3.05. The number of fused-ring (bicyclic) bond motifs is 1. The molecule has 0 aromatic carbocycles. The van der Waals surface area contributed by atoms with Crippen LogP contribution < -0.4 is 0 Å². The number of ether oxygens (including phenoxy) is 1. The number of carbonyl (C=O) groups is 1. The van der Waals surface area contributed by atoms with Crippen LogP contribution in [0, 0.1) is 0 Å². The van der Waals surface area contributed by atoms with E-state index in [1.54, 1.807) is 12.3 Å². The molecule has 4 nitrogen and oxygen atoms in total. The van der Waals surface area contributed by atoms with Crippen LogP contribution in [0.3, 0.4) is 0 Å². The number of aromatic nitrogens is 1. The summed E-state index contributed by atoms with van der Waals surface area (Å²) in [4.78, 5) is 18.5. The number of rotatable bonds is 1. The number of pyridine rings is 1. The zero-order chi connectivity index (χ0) is 13.2. The monoisotopic (exact) mass is 280 g/mol. The van der Waals surface area contributed by atoms with Gasteiger partial charge < -0.3 is 9.64 Å². The van der Waals surface area contributed by atoms with E-state index in [9.17, 15) is 4.79 Å². The molecule has 1 aliphatic carbocycles. The standard InChI is InChI=1S/C14H17ClN2O2/c15-11-9-16-6-5-10(11)14(18)17-7-8-19-13-4-2-1-3-12(13)17/h5-6,9,12-13H,1-4,7-8H2. The van der Waals surface area contributed by atoms with E-state index in [0.29, 0.717) is 23.7 Å². The minimum absolute atomic E-state index is 0.00704. The van der Waals surface area contributed by atoms with Crippen LogP contribution in [0.1, 0.15) is 36.0 Å². The van der Waals surface area contributed by atoms with Crippen LogP contribution in [0.2, 0.25) is 5.02 Å². The van der Waals surface area contributed by atoms with E-state index in [4.69, 9.17) is 16.3 Å². The first kappa shape index (κ1) is 12.9. The predicted molar refractivity (Wildman–Crippen MR) is 72.3 cm³/mol. The molecule has 2 atom stereocenters. The second-order valence-corrected chi connectivity index (χ2v) is 5.52. The van der Waals surface area contributed by atoms with E-state index in [0.717, 1.165) is 12.8 Å². The summed E-state index contributed by atoms with van der Waals surface area (Å²) in [6.45, 7) is 1.27. The van der Waals surface area contributed by atoms with Crippen molar-refractivity contribution in [2.45, 2.75) is 37.8 Å². The molecule has 2 heterocycles. The number of hydrogen-bond donors (Lipinski definition) is 0. The number of morpholine rings is 1. The zero-order valence-electron chi connectivity index (χ0n) is 10.7. The molecule has 0 N–H and O–H groups in total. The van der Waals surface area contributed by atoms with Gasteiger partial charge in [0.2, 0.25) is 0 Å². The summed E-state index contributed by atoms with van der Waals surface area (Å²) in [5.41, 5.74) is 0.544. The highest BCUT2D eigenvalue weighted by atomic mass is 35.5. The lowest BCUT2D eigenvalue weighted by Crippen LogP contribution is -2.54. The largest absolute Gasteiger partial charge is 0.374 e. The summed E-state index contributed by atoms with van der Waals surface area (Å²) in [7, 11) is 0. The smallest absolute Gasteiger partial charge is 0.255 e. The normalized spacial score (nSPS) is 26.9. The lowest BCUT2D eigenvalue weighted by Gasteiger charge is -2.43. The lowest BCUT2D eigenvalue weighted by molar-refractivity contribution is -0.0752. The molecule has 1 aromatic rings. The third-order valence-corrected chi connectivity index (χ3v) is 4.30. The van der Waals surface area contributed by atoms with Crippen molar-refractivity contribution in [3.8, 4) is 0 Å². The van der Waals surface area contributed by atoms with Crippen LogP contribution in [0.15, 0.2) is 18.5 Å². The third kappa shape index (κ3) is 2.47. The summed E-state index contributed by atoms with van der Waals surface area (Å²) >= 11 is 6.07. The van der Waals surface area contributed by atoms with Gasteiger partial charge in [0.15, 0.2) is 0 Å². The predicted octanol–water partition coefficient (Wildman–Crippen LogP) is 2.52. The Balaban J connectivity index is 1.84. The maximum Gasteiger partial charge on any atom is 0.255 e. The first-order valence-corrected chi connectivity index (χ1v) is 7.17. The van der Waals surface area contributed by atoms with Gasteiger partial charge in [-0.3, -0.25) is 9.78 Å². The molecule has 2 aliphatic rings. The van der Waals surface area contributed by atoms with E-state index in [2.05, 4.69) is 4.98 Å². The maximum atomic E-state index is 12.6. The number of hydrogen-bond acceptors (Lipinski definition) is 3. The number of carbonyl (C=O) groups excluding carboxylic acids is 1. The molecule has 19 heavy (non-hydrogen) atoms. The third-order valence-electron chi connectivity index (χ3n) is 4.00. The highest BCUT2D eigenvalue weighted by Gasteiger charge is 2.37. The molecule has 1 aliphatic heterocycles. The Morgan fingerprint density at radius 3 is 3.11 bits per heavy atom. The van der Waals surface area contributed by atoms with Crippen LogP contribution in [0.4, 0.5) is 0 Å². The van der Waals surface area contributed by atoms with Crippen LogP contribution in [0.25, 0.3) is 0 Å². The van der Waals surface area contributed by atoms with Gasteiger partial charge in [0, 0.05) is 18.9 Å². The van der Waals surface area contributed by atoms with Gasteiger partial charge in [-0.05, 0) is 18.9 Å². The van der Waals surface area contributed by atoms with Crippen molar-refractivity contribution in [1.29, 1.82) is 0 Å². The average molecular weight is 281 g/mol. The van der Waals surface area contributed by atoms with Crippen molar-refractivity contribution in [3.63, 3.8) is 0 Å². The van der Waals surface area contributed by atoms with E-state index < -0.39 is 0 Å². The molecule has 5 heteroatoms. The average Bonchev–Trinajstić information content (AvgIpc) is 2.46. The molecule has 102 valence electrons. The minimum atomic E-state index is 0.00704. The van der Waals surface area contributed by atoms with Gasteiger partial charge in [-0.15, -0.1) is 0 Å². The van der Waals surface area contributed by atoms with Crippen molar-refractivity contribution in [2.75, 3.05) is 13.2 Å². The molecule has 1 aromatic heterocycles. The maximum absolute atomic E-state index is 12.6. The Bertz CT molecular complexity index is 478. The van der Waals surface area contributed by atoms with E-state index in [1.165, 1.54) is 19.0 Å². The number of nitrogens with zero attached hydrogens (tertiary/aromatic N) is 2. The van der Waals surface area contributed by atoms with Gasteiger partial charge >= 0.3 is 0 Å². The highest BCUT2D eigenvalue weighted by molar-refractivity contribution is 6.33. The number of halogens is 1. The minimum Gasteiger partial charge on any atom is -0.374 e.